The molecule has 0 atom stereocenters. The number of amides is 1. The Bertz CT molecular complexity index is 1390. The molecule has 172 valence electrons. The minimum Gasteiger partial charge on any atom is -0.354 e. The summed E-state index contributed by atoms with van der Waals surface area (Å²) >= 11 is 7.51. The summed E-state index contributed by atoms with van der Waals surface area (Å²) < 4.78 is 29.4. The Kier molecular flexibility index (Phi) is 5.84. The number of carbonyl (C=O) groups excluding carboxylic acids is 1. The molecule has 0 unspecified atom stereocenters. The quantitative estimate of drug-likeness (QED) is 0.396. The SMILES string of the molecule is CNC(=O)c1csc(Nc2ncc3c(n2)-c2ccc(Cl)cc2N(c2c(F)cccc2F)CC3)n1. The molecule has 2 N–H and O–H groups in total. The molecule has 11 heteroatoms. The van der Waals surface area contributed by atoms with Gasteiger partial charge in [0.1, 0.15) is 23.0 Å². The zero-order valence-corrected chi connectivity index (χ0v) is 19.3. The average Bonchev–Trinajstić information content (AvgIpc) is 3.23. The maximum Gasteiger partial charge on any atom is 0.270 e. The Hall–Kier alpha value is -3.63. The Morgan fingerprint density at radius 2 is 1.97 bits per heavy atom. The topological polar surface area (TPSA) is 83.0 Å². The van der Waals surface area contributed by atoms with Crippen LogP contribution in [0.3, 0.4) is 0 Å². The van der Waals surface area contributed by atoms with Crippen LogP contribution in [0.2, 0.25) is 5.02 Å². The lowest BCUT2D eigenvalue weighted by Gasteiger charge is -2.26. The van der Waals surface area contributed by atoms with E-state index in [0.717, 1.165) is 5.56 Å². The van der Waals surface area contributed by atoms with E-state index in [1.54, 1.807) is 34.7 Å². The van der Waals surface area contributed by atoms with Crippen molar-refractivity contribution in [1.82, 2.24) is 20.3 Å². The number of nitrogens with one attached hydrogen (secondary N) is 2. The third kappa shape index (κ3) is 4.06. The van der Waals surface area contributed by atoms with Gasteiger partial charge in [0.25, 0.3) is 5.91 Å². The number of carbonyl (C=O) groups is 1. The van der Waals surface area contributed by atoms with Gasteiger partial charge in [-0.2, -0.15) is 0 Å². The number of anilines is 4. The maximum atomic E-state index is 14.7. The second-order valence-electron chi connectivity index (χ2n) is 7.44. The Morgan fingerprint density at radius 3 is 2.74 bits per heavy atom. The fourth-order valence-corrected chi connectivity index (χ4v) is 4.65. The van der Waals surface area contributed by atoms with Gasteiger partial charge in [-0.1, -0.05) is 17.7 Å². The van der Waals surface area contributed by atoms with Crippen LogP contribution in [-0.2, 0) is 6.42 Å². The van der Waals surface area contributed by atoms with Crippen LogP contribution in [-0.4, -0.2) is 34.5 Å². The van der Waals surface area contributed by atoms with Gasteiger partial charge >= 0.3 is 0 Å². The van der Waals surface area contributed by atoms with E-state index in [4.69, 9.17) is 11.6 Å². The highest BCUT2D eigenvalue weighted by Gasteiger charge is 2.27. The lowest BCUT2D eigenvalue weighted by atomic mass is 10.0. The van der Waals surface area contributed by atoms with Crippen molar-refractivity contribution >= 4 is 51.3 Å². The highest BCUT2D eigenvalue weighted by atomic mass is 35.5. The summed E-state index contributed by atoms with van der Waals surface area (Å²) in [5.41, 5.74) is 2.78. The molecule has 0 saturated heterocycles. The third-order valence-electron chi connectivity index (χ3n) is 5.37. The first-order chi connectivity index (χ1) is 16.4. The van der Waals surface area contributed by atoms with Crippen molar-refractivity contribution in [2.45, 2.75) is 6.42 Å². The van der Waals surface area contributed by atoms with E-state index in [9.17, 15) is 13.6 Å². The summed E-state index contributed by atoms with van der Waals surface area (Å²) in [5, 5.41) is 8.06. The molecule has 7 nitrogen and oxygen atoms in total. The molecule has 34 heavy (non-hydrogen) atoms. The number of benzene rings is 2. The molecule has 4 aromatic rings. The summed E-state index contributed by atoms with van der Waals surface area (Å²) in [6.07, 6.45) is 2.13. The van der Waals surface area contributed by atoms with Crippen molar-refractivity contribution in [2.75, 3.05) is 23.8 Å². The molecule has 0 radical (unpaired) electrons. The van der Waals surface area contributed by atoms with Crippen molar-refractivity contribution < 1.29 is 13.6 Å². The fraction of sp³-hybridized carbons (Fsp3) is 0.130. The van der Waals surface area contributed by atoms with E-state index in [1.165, 1.54) is 36.6 Å². The number of nitrogens with zero attached hydrogens (tertiary/aromatic N) is 4. The number of hydrogen-bond acceptors (Lipinski definition) is 7. The molecule has 2 aromatic carbocycles. The molecule has 0 bridgehead atoms. The second-order valence-corrected chi connectivity index (χ2v) is 8.74. The molecule has 3 heterocycles. The number of para-hydroxylation sites is 1. The predicted molar refractivity (Wildman–Crippen MR) is 128 cm³/mol. The lowest BCUT2D eigenvalue weighted by Crippen LogP contribution is -2.21. The fourth-order valence-electron chi connectivity index (χ4n) is 3.80. The molecule has 0 spiro atoms. The van der Waals surface area contributed by atoms with Gasteiger partial charge in [0, 0.05) is 35.8 Å². The van der Waals surface area contributed by atoms with Gasteiger partial charge in [-0.3, -0.25) is 4.79 Å². The van der Waals surface area contributed by atoms with E-state index in [0.29, 0.717) is 40.1 Å². The molecular formula is C23H17ClF2N6OS. The van der Waals surface area contributed by atoms with Gasteiger partial charge < -0.3 is 15.5 Å². The standard InChI is InChI=1S/C23H17ClF2N6OS/c1-27-21(33)17-11-34-23(29-17)31-22-28-10-12-7-8-32(20-15(25)3-2-4-16(20)26)18-9-13(24)5-6-14(18)19(12)30-22/h2-6,9-11H,7-8H2,1H3,(H,27,33)(H,28,29,30,31). The Morgan fingerprint density at radius 1 is 1.18 bits per heavy atom. The molecule has 1 aliphatic heterocycles. The van der Waals surface area contributed by atoms with Gasteiger partial charge in [-0.15, -0.1) is 11.3 Å². The first kappa shape index (κ1) is 22.2. The van der Waals surface area contributed by atoms with E-state index in [1.807, 2.05) is 0 Å². The molecule has 1 amide bonds. The molecule has 0 aliphatic carbocycles. The molecule has 0 saturated carbocycles. The van der Waals surface area contributed by atoms with Crippen LogP contribution < -0.4 is 15.5 Å². The molecular weight excluding hydrogens is 482 g/mol. The zero-order chi connectivity index (χ0) is 23.8. The highest BCUT2D eigenvalue weighted by Crippen LogP contribution is 2.42. The summed E-state index contributed by atoms with van der Waals surface area (Å²) in [7, 11) is 1.53. The summed E-state index contributed by atoms with van der Waals surface area (Å²) in [4.78, 5) is 26.6. The molecule has 1 aliphatic rings. The van der Waals surface area contributed by atoms with Crippen molar-refractivity contribution in [3.8, 4) is 11.3 Å². The summed E-state index contributed by atoms with van der Waals surface area (Å²) in [6.45, 7) is 0.302. The van der Waals surface area contributed by atoms with E-state index in [2.05, 4.69) is 25.6 Å². The zero-order valence-electron chi connectivity index (χ0n) is 17.8. The lowest BCUT2D eigenvalue weighted by molar-refractivity contribution is 0.0959. The number of aromatic nitrogens is 3. The molecule has 0 fully saturated rings. The smallest absolute Gasteiger partial charge is 0.270 e. The average molecular weight is 499 g/mol. The number of halogens is 3. The Balaban J connectivity index is 1.57. The van der Waals surface area contributed by atoms with Gasteiger partial charge in [-0.25, -0.2) is 23.7 Å². The van der Waals surface area contributed by atoms with Crippen LogP contribution >= 0.6 is 22.9 Å². The van der Waals surface area contributed by atoms with E-state index < -0.39 is 11.6 Å². The number of fused-ring (bicyclic) bond motifs is 3. The second kappa shape index (κ2) is 8.96. The van der Waals surface area contributed by atoms with Crippen LogP contribution in [0.5, 0.6) is 0 Å². The van der Waals surface area contributed by atoms with Crippen LogP contribution in [0.1, 0.15) is 16.1 Å². The van der Waals surface area contributed by atoms with Gasteiger partial charge in [0.2, 0.25) is 5.95 Å². The minimum atomic E-state index is -0.666. The number of thiazole rings is 1. The number of rotatable bonds is 4. The van der Waals surface area contributed by atoms with Crippen LogP contribution in [0.15, 0.2) is 48.0 Å². The van der Waals surface area contributed by atoms with Crippen LogP contribution in [0, 0.1) is 11.6 Å². The van der Waals surface area contributed by atoms with Crippen molar-refractivity contribution in [1.29, 1.82) is 0 Å². The van der Waals surface area contributed by atoms with Gasteiger partial charge in [-0.05, 0) is 42.3 Å². The van der Waals surface area contributed by atoms with Crippen molar-refractivity contribution in [2.24, 2.45) is 0 Å². The first-order valence-corrected chi connectivity index (χ1v) is 11.5. The minimum absolute atomic E-state index is 0.144. The van der Waals surface area contributed by atoms with Crippen LogP contribution in [0.25, 0.3) is 11.3 Å². The monoisotopic (exact) mass is 498 g/mol. The van der Waals surface area contributed by atoms with E-state index >= 15 is 0 Å². The summed E-state index contributed by atoms with van der Waals surface area (Å²) in [6, 6.07) is 8.93. The normalized spacial score (nSPS) is 12.5. The third-order valence-corrected chi connectivity index (χ3v) is 6.36. The van der Waals surface area contributed by atoms with Crippen LogP contribution in [0.4, 0.5) is 31.2 Å². The molecule has 2 aromatic heterocycles. The van der Waals surface area contributed by atoms with Gasteiger partial charge in [0.15, 0.2) is 5.13 Å². The molecule has 5 rings (SSSR count). The largest absolute Gasteiger partial charge is 0.354 e. The van der Waals surface area contributed by atoms with Crippen molar-refractivity contribution in [3.63, 3.8) is 0 Å². The maximum absolute atomic E-state index is 14.7. The van der Waals surface area contributed by atoms with E-state index in [-0.39, 0.29) is 23.2 Å². The number of hydrogen-bond donors (Lipinski definition) is 2. The predicted octanol–water partition coefficient (Wildman–Crippen LogP) is 5.33. The first-order valence-electron chi connectivity index (χ1n) is 10.3. The van der Waals surface area contributed by atoms with Crippen molar-refractivity contribution in [3.05, 3.63) is 75.9 Å². The highest BCUT2D eigenvalue weighted by molar-refractivity contribution is 7.14. The summed E-state index contributed by atoms with van der Waals surface area (Å²) in [5.74, 6) is -1.34. The Labute approximate surface area is 202 Å². The van der Waals surface area contributed by atoms with Gasteiger partial charge in [0.05, 0.1) is 11.4 Å².